The fourth-order valence-corrected chi connectivity index (χ4v) is 7.66. The van der Waals surface area contributed by atoms with Gasteiger partial charge in [-0.05, 0) is 31.5 Å². The van der Waals surface area contributed by atoms with Gasteiger partial charge in [0.05, 0.1) is 26.7 Å². The van der Waals surface area contributed by atoms with E-state index in [-0.39, 0.29) is 36.3 Å². The molecule has 0 bridgehead atoms. The van der Waals surface area contributed by atoms with E-state index in [4.69, 9.17) is 16.3 Å². The van der Waals surface area contributed by atoms with Crippen LogP contribution in [0.25, 0.3) is 37.2 Å². The van der Waals surface area contributed by atoms with Gasteiger partial charge in [0.25, 0.3) is 0 Å². The minimum Gasteiger partial charge on any atom is -0.461 e. The number of piperazine rings is 1. The third kappa shape index (κ3) is 4.82. The molecule has 13 heteroatoms. The van der Waals surface area contributed by atoms with Gasteiger partial charge in [-0.25, -0.2) is 20.3 Å². The van der Waals surface area contributed by atoms with Crippen LogP contribution in [0.3, 0.4) is 0 Å². The maximum atomic E-state index is 16.5. The molecule has 1 amide bonds. The summed E-state index contributed by atoms with van der Waals surface area (Å²) >= 11 is 1.46. The Morgan fingerprint density at radius 2 is 2.11 bits per heavy atom. The van der Waals surface area contributed by atoms with E-state index < -0.39 is 23.6 Å². The number of thiazole rings is 1. The lowest BCUT2D eigenvalue weighted by Gasteiger charge is -2.39. The Morgan fingerprint density at radius 1 is 1.23 bits per heavy atom. The van der Waals surface area contributed by atoms with Gasteiger partial charge in [-0.15, -0.1) is 11.3 Å². The lowest BCUT2D eigenvalue weighted by molar-refractivity contribution is -0.128. The summed E-state index contributed by atoms with van der Waals surface area (Å²) in [5.41, 5.74) is 2.66. The lowest BCUT2D eigenvalue weighted by Crippen LogP contribution is -2.56. The second-order valence-corrected chi connectivity index (χ2v) is 12.4. The first-order valence-electron chi connectivity index (χ1n) is 14.6. The number of para-hydroxylation sites is 1. The third-order valence-electron chi connectivity index (χ3n) is 9.03. The molecule has 3 aliphatic rings. The van der Waals surface area contributed by atoms with E-state index in [9.17, 15) is 9.18 Å². The summed E-state index contributed by atoms with van der Waals surface area (Å²) in [7, 11) is 0. The van der Waals surface area contributed by atoms with Crippen molar-refractivity contribution in [1.29, 1.82) is 0 Å². The van der Waals surface area contributed by atoms with Gasteiger partial charge in [0.15, 0.2) is 5.82 Å². The highest BCUT2D eigenvalue weighted by atomic mass is 32.1. The second-order valence-electron chi connectivity index (χ2n) is 11.6. The SMILES string of the molecule is [C-]#[N+]C[C@H]1CN(c2nc(OCC34CCCN3C[C@H](F)C4)nc3c(F)c(-c4cccc5scnc45)ncc23)CCN1C(=O)C=C. The van der Waals surface area contributed by atoms with Crippen LogP contribution in [-0.2, 0) is 4.79 Å². The van der Waals surface area contributed by atoms with Crippen LogP contribution in [0.4, 0.5) is 14.6 Å². The summed E-state index contributed by atoms with van der Waals surface area (Å²) in [6.07, 6.45) is 4.04. The van der Waals surface area contributed by atoms with E-state index in [1.165, 1.54) is 17.4 Å². The normalized spacial score (nSPS) is 23.7. The van der Waals surface area contributed by atoms with Crippen molar-refractivity contribution in [3.8, 4) is 17.3 Å². The zero-order valence-corrected chi connectivity index (χ0v) is 24.8. The van der Waals surface area contributed by atoms with Crippen LogP contribution < -0.4 is 9.64 Å². The van der Waals surface area contributed by atoms with Crippen molar-refractivity contribution in [3.05, 3.63) is 59.8 Å². The zero-order valence-electron chi connectivity index (χ0n) is 24.0. The van der Waals surface area contributed by atoms with Crippen LogP contribution in [0, 0.1) is 12.4 Å². The van der Waals surface area contributed by atoms with Gasteiger partial charge in [-0.1, -0.05) is 18.7 Å². The van der Waals surface area contributed by atoms with Crippen LogP contribution in [0.2, 0.25) is 0 Å². The third-order valence-corrected chi connectivity index (χ3v) is 9.83. The van der Waals surface area contributed by atoms with Crippen molar-refractivity contribution in [2.24, 2.45) is 0 Å². The van der Waals surface area contributed by atoms with Gasteiger partial charge >= 0.3 is 6.01 Å². The number of pyridine rings is 1. The highest BCUT2D eigenvalue weighted by Gasteiger charge is 2.49. The van der Waals surface area contributed by atoms with E-state index in [1.54, 1.807) is 22.7 Å². The first-order chi connectivity index (χ1) is 21.4. The summed E-state index contributed by atoms with van der Waals surface area (Å²) in [6, 6.07) is 5.13. The van der Waals surface area contributed by atoms with E-state index in [0.717, 1.165) is 24.1 Å². The second kappa shape index (κ2) is 11.3. The Kier molecular flexibility index (Phi) is 7.34. The van der Waals surface area contributed by atoms with Gasteiger partial charge < -0.3 is 19.4 Å². The molecule has 3 saturated heterocycles. The van der Waals surface area contributed by atoms with E-state index >= 15 is 4.39 Å². The minimum absolute atomic E-state index is 0.00900. The Bertz CT molecular complexity index is 1810. The van der Waals surface area contributed by atoms with E-state index in [0.29, 0.717) is 54.9 Å². The van der Waals surface area contributed by atoms with E-state index in [1.807, 2.05) is 17.0 Å². The molecule has 44 heavy (non-hydrogen) atoms. The zero-order chi connectivity index (χ0) is 30.4. The molecule has 10 nitrogen and oxygen atoms in total. The molecule has 3 aliphatic heterocycles. The number of amides is 1. The highest BCUT2D eigenvalue weighted by Crippen LogP contribution is 2.41. The van der Waals surface area contributed by atoms with Crippen molar-refractivity contribution in [2.45, 2.75) is 37.0 Å². The van der Waals surface area contributed by atoms with Crippen molar-refractivity contribution in [1.82, 2.24) is 29.7 Å². The first kappa shape index (κ1) is 28.5. The number of nitrogens with zero attached hydrogens (tertiary/aromatic N) is 8. The molecule has 3 atom stereocenters. The monoisotopic (exact) mass is 616 g/mol. The Morgan fingerprint density at radius 3 is 2.95 bits per heavy atom. The van der Waals surface area contributed by atoms with Gasteiger partial charge in [0, 0.05) is 44.4 Å². The molecule has 6 heterocycles. The maximum Gasteiger partial charge on any atom is 0.319 e. The molecule has 0 spiro atoms. The van der Waals surface area contributed by atoms with Gasteiger partial charge in [-0.3, -0.25) is 14.7 Å². The number of carbonyl (C=O) groups excluding carboxylic acids is 1. The quantitative estimate of drug-likeness (QED) is 0.221. The summed E-state index contributed by atoms with van der Waals surface area (Å²) in [6.45, 7) is 13.6. The molecule has 0 aliphatic carbocycles. The molecule has 3 aromatic heterocycles. The van der Waals surface area contributed by atoms with E-state index in [2.05, 4.69) is 31.3 Å². The van der Waals surface area contributed by atoms with Crippen molar-refractivity contribution in [3.63, 3.8) is 0 Å². The Balaban J connectivity index is 1.31. The number of fused-ring (bicyclic) bond motifs is 3. The van der Waals surface area contributed by atoms with Crippen LogP contribution in [0.1, 0.15) is 19.3 Å². The Hall–Kier alpha value is -4.28. The molecule has 7 rings (SSSR count). The number of hydrogen-bond donors (Lipinski definition) is 0. The van der Waals surface area contributed by atoms with Crippen LogP contribution in [-0.4, -0.2) is 99.3 Å². The largest absolute Gasteiger partial charge is 0.461 e. The summed E-state index contributed by atoms with van der Waals surface area (Å²) in [4.78, 5) is 40.0. The highest BCUT2D eigenvalue weighted by molar-refractivity contribution is 7.16. The molecule has 0 N–H and O–H groups in total. The number of aromatic nitrogens is 4. The smallest absolute Gasteiger partial charge is 0.319 e. The van der Waals surface area contributed by atoms with Gasteiger partial charge in [0.1, 0.15) is 35.8 Å². The summed E-state index contributed by atoms with van der Waals surface area (Å²) in [5.74, 6) is -0.461. The molecule has 4 aromatic rings. The van der Waals surface area contributed by atoms with Gasteiger partial charge in [0.2, 0.25) is 12.5 Å². The molecule has 0 radical (unpaired) electrons. The number of alkyl halides is 1. The number of anilines is 1. The molecular weight excluding hydrogens is 586 g/mol. The number of carbonyl (C=O) groups is 1. The fraction of sp³-hybridized carbons (Fsp3) is 0.419. The number of rotatable bonds is 7. The van der Waals surface area contributed by atoms with Crippen molar-refractivity contribution in [2.75, 3.05) is 50.8 Å². The first-order valence-corrected chi connectivity index (χ1v) is 15.5. The topological polar surface area (TPSA) is 91.9 Å². The molecule has 1 unspecified atom stereocenters. The minimum atomic E-state index is -0.916. The van der Waals surface area contributed by atoms with Crippen LogP contribution in [0.15, 0.2) is 42.6 Å². The molecule has 1 aromatic carbocycles. The maximum absolute atomic E-state index is 16.5. The molecule has 3 fully saturated rings. The van der Waals surface area contributed by atoms with Gasteiger partial charge in [-0.2, -0.15) is 9.97 Å². The average molecular weight is 617 g/mol. The number of halogens is 2. The number of hydrogen-bond acceptors (Lipinski definition) is 9. The van der Waals surface area contributed by atoms with Crippen molar-refractivity contribution >= 4 is 44.2 Å². The molecule has 0 saturated carbocycles. The predicted octanol–water partition coefficient (Wildman–Crippen LogP) is 4.52. The van der Waals surface area contributed by atoms with Crippen LogP contribution in [0.5, 0.6) is 6.01 Å². The molecular formula is C31H30F2N8O2S. The average Bonchev–Trinajstić information content (AvgIpc) is 3.74. The summed E-state index contributed by atoms with van der Waals surface area (Å²) < 4.78 is 38.1. The lowest BCUT2D eigenvalue weighted by atomic mass is 9.95. The Labute approximate surface area is 256 Å². The predicted molar refractivity (Wildman–Crippen MR) is 164 cm³/mol. The number of benzene rings is 1. The standard InChI is InChI=1S/C31H30F2N8O2S/c1-3-24(42)41-11-10-39(16-20(41)13-34-2)29-22-14-35-27(21-6-4-7-23-26(21)36-18-44-23)25(33)28(22)37-30(38-29)43-17-31-8-5-9-40(31)15-19(32)12-31/h3-4,6-7,14,18-20H,1,5,8-13,15-17H2/t19-,20+,31?/m1/s1. The summed E-state index contributed by atoms with van der Waals surface area (Å²) in [5, 5.41) is 0.388. The number of ether oxygens (including phenoxy) is 1. The molecule has 226 valence electrons. The van der Waals surface area contributed by atoms with Crippen molar-refractivity contribution < 1.29 is 18.3 Å². The van der Waals surface area contributed by atoms with Crippen LogP contribution >= 0.6 is 11.3 Å². The fourth-order valence-electron chi connectivity index (χ4n) is 6.96.